The average Bonchev–Trinajstić information content (AvgIpc) is 3.09. The predicted molar refractivity (Wildman–Crippen MR) is 120 cm³/mol. The highest BCUT2D eigenvalue weighted by molar-refractivity contribution is 5.87. The van der Waals surface area contributed by atoms with Crippen LogP contribution in [0.5, 0.6) is 0 Å². The van der Waals surface area contributed by atoms with Crippen LogP contribution in [0, 0.1) is 34.5 Å². The van der Waals surface area contributed by atoms with Gasteiger partial charge in [-0.3, -0.25) is 4.79 Å². The summed E-state index contributed by atoms with van der Waals surface area (Å²) < 4.78 is 11.4. The summed E-state index contributed by atoms with van der Waals surface area (Å²) in [6.45, 7) is 8.99. The number of rotatable bonds is 3. The van der Waals surface area contributed by atoms with Crippen molar-refractivity contribution in [2.45, 2.75) is 102 Å². The lowest BCUT2D eigenvalue weighted by Gasteiger charge is -2.61. The van der Waals surface area contributed by atoms with E-state index in [-0.39, 0.29) is 16.9 Å². The van der Waals surface area contributed by atoms with Crippen LogP contribution in [0.15, 0.2) is 12.2 Å². The van der Waals surface area contributed by atoms with E-state index in [1.165, 1.54) is 0 Å². The Balaban J connectivity index is 1.31. The van der Waals surface area contributed by atoms with Gasteiger partial charge >= 0.3 is 5.97 Å². The van der Waals surface area contributed by atoms with Gasteiger partial charge in [0.1, 0.15) is 24.1 Å². The van der Waals surface area contributed by atoms with Gasteiger partial charge in [0.15, 0.2) is 12.4 Å². The first kappa shape index (κ1) is 24.4. The van der Waals surface area contributed by atoms with Gasteiger partial charge in [-0.25, -0.2) is 4.79 Å². The molecule has 5 fully saturated rings. The molecular weight excluding hydrogens is 440 g/mol. The van der Waals surface area contributed by atoms with Crippen molar-refractivity contribution >= 4 is 11.8 Å². The molecule has 4 N–H and O–H groups in total. The zero-order valence-electron chi connectivity index (χ0n) is 20.1. The van der Waals surface area contributed by atoms with Crippen LogP contribution in [-0.2, 0) is 19.1 Å². The largest absolute Gasteiger partial charge is 0.479 e. The van der Waals surface area contributed by atoms with E-state index in [4.69, 9.17) is 9.47 Å². The third-order valence-electron chi connectivity index (χ3n) is 10.5. The topological polar surface area (TPSA) is 134 Å². The maximum atomic E-state index is 12.7. The number of carboxylic acid groups (broad SMARTS) is 1. The van der Waals surface area contributed by atoms with E-state index in [1.54, 1.807) is 0 Å². The average molecular weight is 479 g/mol. The molecule has 0 aromatic heterocycles. The first-order valence-corrected chi connectivity index (χ1v) is 12.8. The molecule has 0 aromatic carbocycles. The number of carboxylic acids is 1. The van der Waals surface area contributed by atoms with Crippen molar-refractivity contribution in [2.75, 3.05) is 0 Å². The maximum Gasteiger partial charge on any atom is 0.335 e. The van der Waals surface area contributed by atoms with Gasteiger partial charge in [-0.1, -0.05) is 26.0 Å². The predicted octanol–water partition coefficient (Wildman–Crippen LogP) is 2.04. The molecule has 5 rings (SSSR count). The minimum atomic E-state index is -1.73. The SMILES string of the molecule is C=C1C[C@@H](O[C@@H]2OC(C(=O)O)[C@@H](O)[C@@H](O)C2O)C[C@@H]2CCC3C4CCC(=O)[C@@]4(C)CCC3[C@@]12C. The number of aliphatic hydroxyl groups is 3. The summed E-state index contributed by atoms with van der Waals surface area (Å²) in [5.41, 5.74) is 0.908. The molecule has 4 saturated carbocycles. The molecule has 5 unspecified atom stereocenters. The number of carbonyl (C=O) groups excluding carboxylic acids is 1. The fourth-order valence-corrected chi connectivity index (χ4v) is 8.47. The van der Waals surface area contributed by atoms with Crippen LogP contribution in [0.2, 0.25) is 0 Å². The number of hydrogen-bond donors (Lipinski definition) is 4. The van der Waals surface area contributed by atoms with Crippen molar-refractivity contribution in [3.05, 3.63) is 12.2 Å². The van der Waals surface area contributed by atoms with Crippen LogP contribution >= 0.6 is 0 Å². The van der Waals surface area contributed by atoms with Crippen molar-refractivity contribution in [3.8, 4) is 0 Å². The van der Waals surface area contributed by atoms with Gasteiger partial charge in [-0.15, -0.1) is 0 Å². The van der Waals surface area contributed by atoms with E-state index in [0.29, 0.717) is 42.3 Å². The Labute approximate surface area is 200 Å². The fourth-order valence-electron chi connectivity index (χ4n) is 8.47. The quantitative estimate of drug-likeness (QED) is 0.358. The minimum absolute atomic E-state index is 0.0406. The third-order valence-corrected chi connectivity index (χ3v) is 10.5. The van der Waals surface area contributed by atoms with Gasteiger partial charge in [-0.05, 0) is 74.0 Å². The second-order valence-corrected chi connectivity index (χ2v) is 11.9. The standard InChI is InChI=1S/C26H38O8/c1-12-10-14(33-24-21(30)19(28)20(29)22(34-24)23(31)32)11-13-4-5-15-16-6-7-18(27)25(16,2)9-8-17(15)26(12,13)3/h13-17,19-22,24,28-30H,1,4-11H2,2-3H3,(H,31,32)/t13-,14+,15?,16?,17?,19+,20-,21?,22?,24+,25-,26-/m0/s1. The first-order chi connectivity index (χ1) is 16.0. The second-order valence-electron chi connectivity index (χ2n) is 11.9. The molecule has 1 saturated heterocycles. The van der Waals surface area contributed by atoms with Gasteiger partial charge in [0, 0.05) is 11.8 Å². The van der Waals surface area contributed by atoms with E-state index in [9.17, 15) is 30.0 Å². The number of hydrogen-bond acceptors (Lipinski definition) is 7. The highest BCUT2D eigenvalue weighted by Crippen LogP contribution is 2.66. The van der Waals surface area contributed by atoms with Crippen LogP contribution in [0.3, 0.4) is 0 Å². The zero-order valence-corrected chi connectivity index (χ0v) is 20.1. The Morgan fingerprint density at radius 2 is 1.79 bits per heavy atom. The molecule has 190 valence electrons. The minimum Gasteiger partial charge on any atom is -0.479 e. The number of fused-ring (bicyclic) bond motifs is 5. The number of ketones is 1. The van der Waals surface area contributed by atoms with Crippen molar-refractivity contribution in [1.29, 1.82) is 0 Å². The number of Topliss-reactive ketones (excluding diaryl/α,β-unsaturated/α-hetero) is 1. The van der Waals surface area contributed by atoms with Crippen LogP contribution in [0.1, 0.15) is 65.2 Å². The third kappa shape index (κ3) is 3.44. The zero-order chi connectivity index (χ0) is 24.6. The van der Waals surface area contributed by atoms with Gasteiger partial charge in [0.25, 0.3) is 0 Å². The van der Waals surface area contributed by atoms with Gasteiger partial charge < -0.3 is 29.9 Å². The monoisotopic (exact) mass is 478 g/mol. The van der Waals surface area contributed by atoms with Crippen molar-refractivity contribution in [1.82, 2.24) is 0 Å². The van der Waals surface area contributed by atoms with E-state index in [0.717, 1.165) is 44.1 Å². The molecular formula is C26H38O8. The number of aliphatic carboxylic acids is 1. The maximum absolute atomic E-state index is 12.7. The number of ether oxygens (including phenoxy) is 2. The Hall–Kier alpha value is -1.32. The normalized spacial score (nSPS) is 53.1. The molecule has 34 heavy (non-hydrogen) atoms. The highest BCUT2D eigenvalue weighted by atomic mass is 16.7. The lowest BCUT2D eigenvalue weighted by atomic mass is 9.44. The van der Waals surface area contributed by atoms with Crippen molar-refractivity contribution < 1.29 is 39.5 Å². The highest BCUT2D eigenvalue weighted by Gasteiger charge is 2.61. The van der Waals surface area contributed by atoms with E-state index in [1.807, 2.05) is 0 Å². The summed E-state index contributed by atoms with van der Waals surface area (Å²) in [4.78, 5) is 24.1. The van der Waals surface area contributed by atoms with Gasteiger partial charge in [-0.2, -0.15) is 0 Å². The second kappa shape index (κ2) is 8.37. The van der Waals surface area contributed by atoms with E-state index < -0.39 is 36.7 Å². The van der Waals surface area contributed by atoms with E-state index in [2.05, 4.69) is 20.4 Å². The van der Waals surface area contributed by atoms with Gasteiger partial charge in [0.05, 0.1) is 6.10 Å². The fraction of sp³-hybridized carbons (Fsp3) is 0.846. The van der Waals surface area contributed by atoms with Crippen molar-refractivity contribution in [3.63, 3.8) is 0 Å². The molecule has 12 atom stereocenters. The first-order valence-electron chi connectivity index (χ1n) is 12.8. The van der Waals surface area contributed by atoms with Crippen molar-refractivity contribution in [2.24, 2.45) is 34.5 Å². The Kier molecular flexibility index (Phi) is 6.00. The Bertz CT molecular complexity index is 873. The molecule has 0 amide bonds. The molecule has 0 spiro atoms. The molecule has 0 aromatic rings. The number of aliphatic hydroxyl groups excluding tert-OH is 3. The smallest absolute Gasteiger partial charge is 0.335 e. The molecule has 0 bridgehead atoms. The summed E-state index contributed by atoms with van der Waals surface area (Å²) in [5.74, 6) is 0.862. The van der Waals surface area contributed by atoms with Crippen LogP contribution < -0.4 is 0 Å². The molecule has 4 aliphatic carbocycles. The Morgan fingerprint density at radius 1 is 1.06 bits per heavy atom. The van der Waals surface area contributed by atoms with Crippen LogP contribution in [-0.4, -0.2) is 69.0 Å². The summed E-state index contributed by atoms with van der Waals surface area (Å²) >= 11 is 0. The van der Waals surface area contributed by atoms with Gasteiger partial charge in [0.2, 0.25) is 0 Å². The molecule has 0 radical (unpaired) electrons. The van der Waals surface area contributed by atoms with Crippen LogP contribution in [0.25, 0.3) is 0 Å². The van der Waals surface area contributed by atoms with Crippen LogP contribution in [0.4, 0.5) is 0 Å². The summed E-state index contributed by atoms with van der Waals surface area (Å²) in [5, 5.41) is 39.7. The number of carbonyl (C=O) groups is 2. The molecule has 1 aliphatic heterocycles. The van der Waals surface area contributed by atoms with E-state index >= 15 is 0 Å². The summed E-state index contributed by atoms with van der Waals surface area (Å²) in [7, 11) is 0. The lowest BCUT2D eigenvalue weighted by molar-refractivity contribution is -0.307. The Morgan fingerprint density at radius 3 is 2.50 bits per heavy atom. The molecule has 8 nitrogen and oxygen atoms in total. The summed E-state index contributed by atoms with van der Waals surface area (Å²) in [6.07, 6.45) is -1.14. The molecule has 5 aliphatic rings. The summed E-state index contributed by atoms with van der Waals surface area (Å²) in [6, 6.07) is 0. The molecule has 8 heteroatoms. The molecule has 1 heterocycles. The lowest BCUT2D eigenvalue weighted by Crippen LogP contribution is -2.61.